The molecule has 0 saturated heterocycles. The Labute approximate surface area is 158 Å². The minimum atomic E-state index is -0.472. The van der Waals surface area contributed by atoms with Crippen molar-refractivity contribution in [2.24, 2.45) is 0 Å². The lowest BCUT2D eigenvalue weighted by Crippen LogP contribution is -2.32. The van der Waals surface area contributed by atoms with Gasteiger partial charge in [0.25, 0.3) is 11.8 Å². The predicted molar refractivity (Wildman–Crippen MR) is 104 cm³/mol. The highest BCUT2D eigenvalue weighted by Crippen LogP contribution is 2.40. The van der Waals surface area contributed by atoms with Crippen molar-refractivity contribution in [2.45, 2.75) is 39.5 Å². The fourth-order valence-electron chi connectivity index (χ4n) is 3.53. The molecule has 2 aromatic carbocycles. The molecule has 0 atom stereocenters. The van der Waals surface area contributed by atoms with Crippen LogP contribution in [0.1, 0.15) is 76.9 Å². The molecular formula is C21H23N3O3. The van der Waals surface area contributed by atoms with Crippen LogP contribution >= 0.6 is 0 Å². The number of hydrogen-bond acceptors (Lipinski definition) is 4. The first kappa shape index (κ1) is 18.8. The van der Waals surface area contributed by atoms with Gasteiger partial charge in [-0.2, -0.15) is 0 Å². The lowest BCUT2D eigenvalue weighted by Gasteiger charge is -2.25. The molecule has 0 unspecified atom stereocenters. The van der Waals surface area contributed by atoms with Crippen LogP contribution in [0.3, 0.4) is 0 Å². The topological polar surface area (TPSA) is 93.5 Å². The lowest BCUT2D eigenvalue weighted by molar-refractivity contribution is 0.0925. The molecule has 27 heavy (non-hydrogen) atoms. The average molecular weight is 365 g/mol. The van der Waals surface area contributed by atoms with Crippen molar-refractivity contribution < 1.29 is 14.8 Å². The largest absolute Gasteiger partial charge is 0.290 e. The summed E-state index contributed by atoms with van der Waals surface area (Å²) < 4.78 is 0. The molecule has 0 spiro atoms. The van der Waals surface area contributed by atoms with E-state index in [0.717, 1.165) is 11.1 Å². The van der Waals surface area contributed by atoms with E-state index in [1.807, 2.05) is 45.9 Å². The first-order valence-corrected chi connectivity index (χ1v) is 8.93. The molecule has 6 nitrogen and oxygen atoms in total. The summed E-state index contributed by atoms with van der Waals surface area (Å²) in [5, 5.41) is 17.0. The van der Waals surface area contributed by atoms with E-state index >= 15 is 0 Å². The number of carbonyl (C=O) groups is 2. The van der Waals surface area contributed by atoms with Gasteiger partial charge in [-0.3, -0.25) is 25.7 Å². The second-order valence-corrected chi connectivity index (χ2v) is 7.26. The van der Waals surface area contributed by atoms with Gasteiger partial charge in [0, 0.05) is 5.56 Å². The Morgan fingerprint density at radius 2 is 1.52 bits per heavy atom. The molecule has 0 bridgehead atoms. The fourth-order valence-corrected chi connectivity index (χ4v) is 3.53. The smallest absolute Gasteiger partial charge is 0.266 e. The first-order valence-electron chi connectivity index (χ1n) is 8.93. The summed E-state index contributed by atoms with van der Waals surface area (Å²) in [6.45, 7) is 8.10. The average Bonchev–Trinajstić information content (AvgIpc) is 2.90. The first-order chi connectivity index (χ1) is 12.8. The van der Waals surface area contributed by atoms with Gasteiger partial charge < -0.3 is 0 Å². The molecule has 2 amide bonds. The molecule has 6 heteroatoms. The molecule has 0 saturated carbocycles. The normalized spacial score (nSPS) is 13.5. The summed E-state index contributed by atoms with van der Waals surface area (Å²) >= 11 is 0. The third-order valence-electron chi connectivity index (χ3n) is 4.86. The molecule has 3 N–H and O–H groups in total. The number of hydroxylamine groups is 1. The van der Waals surface area contributed by atoms with E-state index in [-0.39, 0.29) is 34.4 Å². The quantitative estimate of drug-likeness (QED) is 0.330. The van der Waals surface area contributed by atoms with Crippen LogP contribution in [0, 0.1) is 5.41 Å². The fraction of sp³-hybridized carbons (Fsp3) is 0.286. The van der Waals surface area contributed by atoms with Crippen LogP contribution < -0.4 is 10.4 Å². The number of nitrogens with zero attached hydrogens (tertiary/aromatic N) is 1. The highest BCUT2D eigenvalue weighted by Gasteiger charge is 2.41. The Balaban J connectivity index is 2.26. The number of fused-ring (bicyclic) bond motifs is 1. The van der Waals surface area contributed by atoms with E-state index < -0.39 is 11.8 Å². The Morgan fingerprint density at radius 3 is 2.04 bits per heavy atom. The van der Waals surface area contributed by atoms with Crippen LogP contribution in [0.5, 0.6) is 0 Å². The van der Waals surface area contributed by atoms with Gasteiger partial charge in [0.1, 0.15) is 5.84 Å². The van der Waals surface area contributed by atoms with Crippen molar-refractivity contribution in [1.82, 2.24) is 5.48 Å². The van der Waals surface area contributed by atoms with Gasteiger partial charge in [-0.15, -0.1) is 0 Å². The number of anilines is 1. The maximum Gasteiger partial charge on any atom is 0.266 e. The van der Waals surface area contributed by atoms with Crippen molar-refractivity contribution >= 4 is 23.3 Å². The number of hydrogen-bond donors (Lipinski definition) is 3. The number of para-hydroxylation sites is 1. The summed E-state index contributed by atoms with van der Waals surface area (Å²) in [5.74, 6) is -0.950. The molecule has 1 heterocycles. The summed E-state index contributed by atoms with van der Waals surface area (Å²) in [4.78, 5) is 27.7. The van der Waals surface area contributed by atoms with Crippen LogP contribution in [-0.2, 0) is 0 Å². The molecule has 1 aliphatic heterocycles. The molecule has 0 fully saturated rings. The van der Waals surface area contributed by atoms with Crippen molar-refractivity contribution in [3.63, 3.8) is 0 Å². The van der Waals surface area contributed by atoms with Gasteiger partial charge in [0.15, 0.2) is 0 Å². The zero-order valence-electron chi connectivity index (χ0n) is 15.8. The lowest BCUT2D eigenvalue weighted by atomic mass is 9.92. The Kier molecular flexibility index (Phi) is 4.85. The van der Waals surface area contributed by atoms with Crippen LogP contribution in [0.2, 0.25) is 0 Å². The number of amides is 2. The van der Waals surface area contributed by atoms with Gasteiger partial charge in [-0.1, -0.05) is 58.0 Å². The zero-order valence-corrected chi connectivity index (χ0v) is 15.8. The summed E-state index contributed by atoms with van der Waals surface area (Å²) in [6.07, 6.45) is 0. The van der Waals surface area contributed by atoms with Gasteiger partial charge in [-0.25, -0.2) is 4.90 Å². The van der Waals surface area contributed by atoms with Crippen LogP contribution in [0.25, 0.3) is 0 Å². The van der Waals surface area contributed by atoms with Gasteiger partial charge in [0.05, 0.1) is 16.8 Å². The predicted octanol–water partition coefficient (Wildman–Crippen LogP) is 4.04. The molecule has 3 rings (SSSR count). The van der Waals surface area contributed by atoms with E-state index in [1.165, 1.54) is 11.0 Å². The van der Waals surface area contributed by atoms with E-state index in [0.29, 0.717) is 5.69 Å². The van der Waals surface area contributed by atoms with Gasteiger partial charge in [-0.05, 0) is 29.0 Å². The Bertz CT molecular complexity index is 921. The molecule has 0 radical (unpaired) electrons. The highest BCUT2D eigenvalue weighted by molar-refractivity contribution is 6.36. The standard InChI is InChI=1S/C21H23N3O3/c1-11(2)13-7-5-8-14(12(3)4)18(13)24-20(25)16-10-6-9-15(19(22)23-27)17(16)21(24)26/h5-12,27H,1-4H3,(H2,22,23). The minimum absolute atomic E-state index is 0.125. The SMILES string of the molecule is CC(C)c1cccc(C(C)C)c1N1C(=O)c2cccc(C(=N)NO)c2C1=O. The number of nitrogens with one attached hydrogen (secondary N) is 2. The van der Waals surface area contributed by atoms with E-state index in [4.69, 9.17) is 10.6 Å². The van der Waals surface area contributed by atoms with E-state index in [2.05, 4.69) is 0 Å². The van der Waals surface area contributed by atoms with Gasteiger partial charge >= 0.3 is 0 Å². The molecule has 140 valence electrons. The molecular weight excluding hydrogens is 342 g/mol. The van der Waals surface area contributed by atoms with Crippen molar-refractivity contribution in [2.75, 3.05) is 4.90 Å². The Morgan fingerprint density at radius 1 is 0.963 bits per heavy atom. The monoisotopic (exact) mass is 365 g/mol. The molecule has 1 aliphatic rings. The zero-order chi connectivity index (χ0) is 19.9. The second kappa shape index (κ2) is 6.96. The number of rotatable bonds is 4. The third-order valence-corrected chi connectivity index (χ3v) is 4.86. The number of benzene rings is 2. The maximum atomic E-state index is 13.3. The number of carbonyl (C=O) groups excluding carboxylic acids is 2. The number of imide groups is 1. The van der Waals surface area contributed by atoms with Gasteiger partial charge in [0.2, 0.25) is 0 Å². The minimum Gasteiger partial charge on any atom is -0.290 e. The molecule has 0 aromatic heterocycles. The third kappa shape index (κ3) is 2.92. The molecule has 0 aliphatic carbocycles. The summed E-state index contributed by atoms with van der Waals surface area (Å²) in [6, 6.07) is 10.5. The van der Waals surface area contributed by atoms with Crippen molar-refractivity contribution in [3.05, 3.63) is 64.2 Å². The number of amidine groups is 1. The van der Waals surface area contributed by atoms with Crippen LogP contribution in [-0.4, -0.2) is 22.9 Å². The molecule has 2 aromatic rings. The van der Waals surface area contributed by atoms with E-state index in [1.54, 1.807) is 17.6 Å². The van der Waals surface area contributed by atoms with Crippen molar-refractivity contribution in [1.29, 1.82) is 5.41 Å². The van der Waals surface area contributed by atoms with Crippen LogP contribution in [0.15, 0.2) is 36.4 Å². The van der Waals surface area contributed by atoms with E-state index in [9.17, 15) is 9.59 Å². The Hall–Kier alpha value is -2.99. The van der Waals surface area contributed by atoms with Crippen molar-refractivity contribution in [3.8, 4) is 0 Å². The second-order valence-electron chi connectivity index (χ2n) is 7.26. The highest BCUT2D eigenvalue weighted by atomic mass is 16.5. The maximum absolute atomic E-state index is 13.3. The summed E-state index contributed by atoms with van der Waals surface area (Å²) in [7, 11) is 0. The summed E-state index contributed by atoms with van der Waals surface area (Å²) in [5.41, 5.74) is 4.82. The van der Waals surface area contributed by atoms with Crippen LogP contribution in [0.4, 0.5) is 5.69 Å².